The molecule has 15 heavy (non-hydrogen) atoms. The van der Waals surface area contributed by atoms with Crippen LogP contribution in [-0.2, 0) is 0 Å². The molecular formula is C11H12F3N. The molecule has 1 N–H and O–H groups in total. The molecule has 1 aliphatic carbocycles. The van der Waals surface area contributed by atoms with Gasteiger partial charge in [-0.3, -0.25) is 0 Å². The van der Waals surface area contributed by atoms with Gasteiger partial charge in [0.1, 0.15) is 5.82 Å². The first-order chi connectivity index (χ1) is 7.15. The van der Waals surface area contributed by atoms with Gasteiger partial charge in [-0.15, -0.1) is 0 Å². The molecule has 0 heterocycles. The van der Waals surface area contributed by atoms with E-state index in [4.69, 9.17) is 0 Å². The average molecular weight is 215 g/mol. The van der Waals surface area contributed by atoms with Gasteiger partial charge in [-0.1, -0.05) is 0 Å². The van der Waals surface area contributed by atoms with Crippen molar-refractivity contribution in [2.24, 2.45) is 5.92 Å². The summed E-state index contributed by atoms with van der Waals surface area (Å²) in [6, 6.07) is 1.37. The zero-order valence-corrected chi connectivity index (χ0v) is 8.36. The monoisotopic (exact) mass is 215 g/mol. The van der Waals surface area contributed by atoms with Crippen molar-refractivity contribution in [3.63, 3.8) is 0 Å². The maximum absolute atomic E-state index is 13.4. The van der Waals surface area contributed by atoms with Crippen molar-refractivity contribution in [2.75, 3.05) is 7.05 Å². The van der Waals surface area contributed by atoms with Crippen LogP contribution in [0.25, 0.3) is 0 Å². The quantitative estimate of drug-likeness (QED) is 0.764. The second-order valence-corrected chi connectivity index (χ2v) is 3.86. The molecule has 1 nitrogen and oxygen atoms in total. The SMILES string of the molecule is CNC(c1c(F)ccc(F)c1F)C1CC1. The predicted octanol–water partition coefficient (Wildman–Crippen LogP) is 2.77. The molecule has 0 spiro atoms. The van der Waals surface area contributed by atoms with Gasteiger partial charge in [0.15, 0.2) is 11.6 Å². The Morgan fingerprint density at radius 3 is 2.33 bits per heavy atom. The topological polar surface area (TPSA) is 12.0 Å². The minimum atomic E-state index is -1.07. The molecule has 0 saturated heterocycles. The number of rotatable bonds is 3. The zero-order valence-electron chi connectivity index (χ0n) is 8.36. The first-order valence-electron chi connectivity index (χ1n) is 4.95. The molecule has 0 radical (unpaired) electrons. The third kappa shape index (κ3) is 1.86. The van der Waals surface area contributed by atoms with Crippen molar-refractivity contribution in [1.82, 2.24) is 5.32 Å². The Morgan fingerprint density at radius 2 is 1.80 bits per heavy atom. The summed E-state index contributed by atoms with van der Waals surface area (Å²) in [5.41, 5.74) is -0.167. The summed E-state index contributed by atoms with van der Waals surface area (Å²) in [5, 5.41) is 2.84. The van der Waals surface area contributed by atoms with Crippen LogP contribution >= 0.6 is 0 Å². The molecule has 82 valence electrons. The summed E-state index contributed by atoms with van der Waals surface area (Å²) in [6.45, 7) is 0. The van der Waals surface area contributed by atoms with Gasteiger partial charge < -0.3 is 5.32 Å². The van der Waals surface area contributed by atoms with Crippen LogP contribution in [-0.4, -0.2) is 7.05 Å². The van der Waals surface area contributed by atoms with Gasteiger partial charge in [-0.2, -0.15) is 0 Å². The van der Waals surface area contributed by atoms with E-state index in [1.54, 1.807) is 7.05 Å². The maximum Gasteiger partial charge on any atom is 0.166 e. The van der Waals surface area contributed by atoms with Gasteiger partial charge in [0, 0.05) is 11.6 Å². The van der Waals surface area contributed by atoms with Crippen molar-refractivity contribution in [1.29, 1.82) is 0 Å². The van der Waals surface area contributed by atoms with E-state index in [1.807, 2.05) is 0 Å². The van der Waals surface area contributed by atoms with Gasteiger partial charge in [-0.05, 0) is 37.9 Å². The van der Waals surface area contributed by atoms with Gasteiger partial charge in [0.2, 0.25) is 0 Å². The fourth-order valence-electron chi connectivity index (χ4n) is 1.87. The van der Waals surface area contributed by atoms with E-state index in [0.29, 0.717) is 0 Å². The fraction of sp³-hybridized carbons (Fsp3) is 0.455. The highest BCUT2D eigenvalue weighted by Crippen LogP contribution is 2.42. The van der Waals surface area contributed by atoms with Crippen molar-refractivity contribution in [3.8, 4) is 0 Å². The molecule has 1 unspecified atom stereocenters. The number of hydrogen-bond donors (Lipinski definition) is 1. The van der Waals surface area contributed by atoms with E-state index in [0.717, 1.165) is 25.0 Å². The van der Waals surface area contributed by atoms with Crippen LogP contribution in [0.15, 0.2) is 12.1 Å². The van der Waals surface area contributed by atoms with Crippen LogP contribution in [0.3, 0.4) is 0 Å². The Hall–Kier alpha value is -1.03. The molecule has 0 amide bonds. The lowest BCUT2D eigenvalue weighted by molar-refractivity contribution is 0.428. The van der Waals surface area contributed by atoms with Gasteiger partial charge in [-0.25, -0.2) is 13.2 Å². The molecule has 1 aromatic rings. The second-order valence-electron chi connectivity index (χ2n) is 3.86. The Kier molecular flexibility index (Phi) is 2.69. The number of hydrogen-bond acceptors (Lipinski definition) is 1. The predicted molar refractivity (Wildman–Crippen MR) is 50.8 cm³/mol. The molecule has 2 rings (SSSR count). The van der Waals surface area contributed by atoms with Gasteiger partial charge in [0.25, 0.3) is 0 Å². The molecular weight excluding hydrogens is 203 g/mol. The van der Waals surface area contributed by atoms with Gasteiger partial charge in [0.05, 0.1) is 0 Å². The summed E-state index contributed by atoms with van der Waals surface area (Å²) < 4.78 is 39.8. The standard InChI is InChI=1S/C11H12F3N/c1-15-11(6-2-3-6)9-7(12)4-5-8(13)10(9)14/h4-6,11,15H,2-3H2,1H3. The molecule has 1 saturated carbocycles. The minimum Gasteiger partial charge on any atom is -0.313 e. The molecule has 1 fully saturated rings. The van der Waals surface area contributed by atoms with Crippen molar-refractivity contribution in [2.45, 2.75) is 18.9 Å². The lowest BCUT2D eigenvalue weighted by Gasteiger charge is -2.17. The van der Waals surface area contributed by atoms with Crippen molar-refractivity contribution < 1.29 is 13.2 Å². The number of halogens is 3. The van der Waals surface area contributed by atoms with Crippen molar-refractivity contribution >= 4 is 0 Å². The maximum atomic E-state index is 13.4. The van der Waals surface area contributed by atoms with E-state index in [-0.39, 0.29) is 11.5 Å². The molecule has 1 aromatic carbocycles. The molecule has 0 aliphatic heterocycles. The second kappa shape index (κ2) is 3.85. The van der Waals surface area contributed by atoms with Crippen LogP contribution in [0.5, 0.6) is 0 Å². The largest absolute Gasteiger partial charge is 0.313 e. The van der Waals surface area contributed by atoms with E-state index >= 15 is 0 Å². The average Bonchev–Trinajstić information content (AvgIpc) is 3.02. The molecule has 0 aromatic heterocycles. The molecule has 0 bridgehead atoms. The highest BCUT2D eigenvalue weighted by molar-refractivity contribution is 5.26. The van der Waals surface area contributed by atoms with Gasteiger partial charge >= 0.3 is 0 Å². The lowest BCUT2D eigenvalue weighted by atomic mass is 10.0. The first-order valence-corrected chi connectivity index (χ1v) is 4.95. The molecule has 1 aliphatic rings. The number of nitrogens with one attached hydrogen (secondary N) is 1. The summed E-state index contributed by atoms with van der Waals surface area (Å²) >= 11 is 0. The minimum absolute atomic E-state index is 0.167. The Bertz CT molecular complexity index is 374. The van der Waals surface area contributed by atoms with E-state index in [1.165, 1.54) is 0 Å². The zero-order chi connectivity index (χ0) is 11.0. The van der Waals surface area contributed by atoms with Crippen LogP contribution in [0.4, 0.5) is 13.2 Å². The van der Waals surface area contributed by atoms with Crippen LogP contribution in [0.1, 0.15) is 24.4 Å². The third-order valence-corrected chi connectivity index (χ3v) is 2.79. The normalized spacial score (nSPS) is 17.9. The Balaban J connectivity index is 2.44. The summed E-state index contributed by atoms with van der Waals surface area (Å²) in [6.07, 6.45) is 1.86. The summed E-state index contributed by atoms with van der Waals surface area (Å²) in [5.74, 6) is -2.52. The highest BCUT2D eigenvalue weighted by Gasteiger charge is 2.35. The highest BCUT2D eigenvalue weighted by atomic mass is 19.2. The van der Waals surface area contributed by atoms with Crippen molar-refractivity contribution in [3.05, 3.63) is 35.1 Å². The molecule has 1 atom stereocenters. The van der Waals surface area contributed by atoms with Crippen LogP contribution < -0.4 is 5.32 Å². The third-order valence-electron chi connectivity index (χ3n) is 2.79. The van der Waals surface area contributed by atoms with E-state index in [2.05, 4.69) is 5.32 Å². The Morgan fingerprint density at radius 1 is 1.20 bits per heavy atom. The van der Waals surface area contributed by atoms with E-state index in [9.17, 15) is 13.2 Å². The summed E-state index contributed by atoms with van der Waals surface area (Å²) in [7, 11) is 1.63. The lowest BCUT2D eigenvalue weighted by Crippen LogP contribution is -2.21. The Labute approximate surface area is 86.3 Å². The molecule has 4 heteroatoms. The smallest absolute Gasteiger partial charge is 0.166 e. The fourth-order valence-corrected chi connectivity index (χ4v) is 1.87. The summed E-state index contributed by atoms with van der Waals surface area (Å²) in [4.78, 5) is 0. The van der Waals surface area contributed by atoms with Crippen LogP contribution in [0, 0.1) is 23.4 Å². The van der Waals surface area contributed by atoms with Crippen LogP contribution in [0.2, 0.25) is 0 Å². The number of benzene rings is 1. The first kappa shape index (κ1) is 10.5. The van der Waals surface area contributed by atoms with E-state index < -0.39 is 23.5 Å².